The Labute approximate surface area is 111 Å². The highest BCUT2D eigenvalue weighted by Gasteiger charge is 2.26. The molecular formula is C13H17F2NO2S. The molecule has 1 N–H and O–H groups in total. The molecule has 106 valence electrons. The molecule has 0 aliphatic carbocycles. The summed E-state index contributed by atoms with van der Waals surface area (Å²) in [7, 11) is -3.01. The van der Waals surface area contributed by atoms with Crippen molar-refractivity contribution in [3.63, 3.8) is 0 Å². The number of benzene rings is 1. The first-order valence-corrected chi connectivity index (χ1v) is 8.11. The zero-order valence-corrected chi connectivity index (χ0v) is 11.5. The van der Waals surface area contributed by atoms with E-state index >= 15 is 0 Å². The van der Waals surface area contributed by atoms with Crippen LogP contribution < -0.4 is 5.32 Å². The van der Waals surface area contributed by atoms with Crippen molar-refractivity contribution in [3.05, 3.63) is 35.4 Å². The van der Waals surface area contributed by atoms with Crippen LogP contribution in [-0.4, -0.2) is 26.0 Å². The molecule has 0 saturated carbocycles. The number of hydrogen-bond donors (Lipinski definition) is 1. The topological polar surface area (TPSA) is 46.2 Å². The van der Waals surface area contributed by atoms with Gasteiger partial charge in [-0.25, -0.2) is 17.2 Å². The molecule has 0 bridgehead atoms. The predicted octanol–water partition coefficient (Wildman–Crippen LogP) is 2.19. The maximum atomic E-state index is 13.6. The maximum Gasteiger partial charge on any atom is 0.151 e. The van der Waals surface area contributed by atoms with Crippen molar-refractivity contribution >= 4 is 9.84 Å². The summed E-state index contributed by atoms with van der Waals surface area (Å²) in [6, 6.07) is 2.67. The van der Waals surface area contributed by atoms with E-state index in [9.17, 15) is 17.2 Å². The Hall–Kier alpha value is -1.01. The SMILES string of the molecule is CC(NC1CCCS(=O)(=O)C1)c1cc(F)ccc1F. The molecule has 1 aliphatic heterocycles. The number of rotatable bonds is 3. The van der Waals surface area contributed by atoms with Crippen LogP contribution in [-0.2, 0) is 9.84 Å². The number of hydrogen-bond acceptors (Lipinski definition) is 3. The van der Waals surface area contributed by atoms with Crippen molar-refractivity contribution in [2.45, 2.75) is 31.8 Å². The second kappa shape index (κ2) is 5.54. The summed E-state index contributed by atoms with van der Waals surface area (Å²) in [5.74, 6) is -0.705. The fourth-order valence-corrected chi connectivity index (χ4v) is 4.09. The Morgan fingerprint density at radius 3 is 2.79 bits per heavy atom. The lowest BCUT2D eigenvalue weighted by Gasteiger charge is -2.27. The van der Waals surface area contributed by atoms with E-state index in [2.05, 4.69) is 5.32 Å². The van der Waals surface area contributed by atoms with Gasteiger partial charge in [-0.05, 0) is 38.0 Å². The molecule has 1 saturated heterocycles. The predicted molar refractivity (Wildman–Crippen MR) is 69.6 cm³/mol. The average molecular weight is 289 g/mol. The standard InChI is InChI=1S/C13H17F2NO2S/c1-9(12-7-10(14)4-5-13(12)15)16-11-3-2-6-19(17,18)8-11/h4-5,7,9,11,16H,2-3,6,8H2,1H3. The lowest BCUT2D eigenvalue weighted by atomic mass is 10.1. The third-order valence-electron chi connectivity index (χ3n) is 3.37. The van der Waals surface area contributed by atoms with Crippen LogP contribution in [0.3, 0.4) is 0 Å². The molecule has 2 unspecified atom stereocenters. The molecule has 2 atom stereocenters. The van der Waals surface area contributed by atoms with Crippen molar-refractivity contribution in [3.8, 4) is 0 Å². The van der Waals surface area contributed by atoms with Crippen LogP contribution in [0.25, 0.3) is 0 Å². The lowest BCUT2D eigenvalue weighted by molar-refractivity contribution is 0.426. The number of sulfone groups is 1. The Bertz CT molecular complexity index is 560. The van der Waals surface area contributed by atoms with Crippen LogP contribution in [0.4, 0.5) is 8.78 Å². The van der Waals surface area contributed by atoms with E-state index in [1.807, 2.05) is 0 Å². The van der Waals surface area contributed by atoms with Crippen LogP contribution in [0, 0.1) is 11.6 Å². The molecule has 19 heavy (non-hydrogen) atoms. The van der Waals surface area contributed by atoms with Gasteiger partial charge >= 0.3 is 0 Å². The van der Waals surface area contributed by atoms with E-state index < -0.39 is 27.5 Å². The highest BCUT2D eigenvalue weighted by molar-refractivity contribution is 7.91. The fraction of sp³-hybridized carbons (Fsp3) is 0.538. The van der Waals surface area contributed by atoms with Crippen LogP contribution in [0.2, 0.25) is 0 Å². The summed E-state index contributed by atoms with van der Waals surface area (Å²) in [4.78, 5) is 0. The first-order chi connectivity index (χ1) is 8.87. The largest absolute Gasteiger partial charge is 0.306 e. The summed E-state index contributed by atoms with van der Waals surface area (Å²) in [6.45, 7) is 1.71. The minimum atomic E-state index is -3.01. The van der Waals surface area contributed by atoms with Crippen LogP contribution in [0.1, 0.15) is 31.4 Å². The molecule has 1 aromatic rings. The summed E-state index contributed by atoms with van der Waals surface area (Å²) in [5.41, 5.74) is 0.225. The van der Waals surface area contributed by atoms with Crippen molar-refractivity contribution in [2.24, 2.45) is 0 Å². The second-order valence-corrected chi connectivity index (χ2v) is 7.24. The van der Waals surface area contributed by atoms with Crippen LogP contribution in [0.15, 0.2) is 18.2 Å². The van der Waals surface area contributed by atoms with E-state index in [0.29, 0.717) is 6.42 Å². The van der Waals surface area contributed by atoms with E-state index in [1.54, 1.807) is 6.92 Å². The van der Waals surface area contributed by atoms with Gasteiger partial charge in [-0.15, -0.1) is 0 Å². The van der Waals surface area contributed by atoms with Crippen molar-refractivity contribution < 1.29 is 17.2 Å². The Kier molecular flexibility index (Phi) is 4.20. The zero-order chi connectivity index (χ0) is 14.0. The lowest BCUT2D eigenvalue weighted by Crippen LogP contribution is -2.41. The molecule has 1 aromatic carbocycles. The number of nitrogens with one attached hydrogen (secondary N) is 1. The highest BCUT2D eigenvalue weighted by Crippen LogP contribution is 2.21. The molecule has 0 spiro atoms. The van der Waals surface area contributed by atoms with Gasteiger partial charge in [0.25, 0.3) is 0 Å². The molecule has 6 heteroatoms. The first kappa shape index (κ1) is 14.4. The summed E-state index contributed by atoms with van der Waals surface area (Å²) in [5, 5.41) is 3.07. The summed E-state index contributed by atoms with van der Waals surface area (Å²) >= 11 is 0. The van der Waals surface area contributed by atoms with Gasteiger partial charge in [0.05, 0.1) is 11.5 Å². The molecular weight excluding hydrogens is 272 g/mol. The van der Waals surface area contributed by atoms with Gasteiger partial charge in [-0.1, -0.05) is 0 Å². The highest BCUT2D eigenvalue weighted by atomic mass is 32.2. The van der Waals surface area contributed by atoms with Crippen molar-refractivity contribution in [1.82, 2.24) is 5.32 Å². The molecule has 1 aliphatic rings. The van der Waals surface area contributed by atoms with Gasteiger partial charge < -0.3 is 5.32 Å². The van der Waals surface area contributed by atoms with E-state index in [0.717, 1.165) is 24.6 Å². The third-order valence-corrected chi connectivity index (χ3v) is 5.19. The van der Waals surface area contributed by atoms with Gasteiger partial charge in [0.15, 0.2) is 9.84 Å². The van der Waals surface area contributed by atoms with Gasteiger partial charge in [0, 0.05) is 17.6 Å². The van der Waals surface area contributed by atoms with Gasteiger partial charge in [0.1, 0.15) is 11.6 Å². The van der Waals surface area contributed by atoms with E-state index in [4.69, 9.17) is 0 Å². The summed E-state index contributed by atoms with van der Waals surface area (Å²) in [6.07, 6.45) is 1.35. The van der Waals surface area contributed by atoms with Gasteiger partial charge in [-0.3, -0.25) is 0 Å². The summed E-state index contributed by atoms with van der Waals surface area (Å²) < 4.78 is 49.8. The Balaban J connectivity index is 2.08. The second-order valence-electron chi connectivity index (χ2n) is 5.01. The smallest absolute Gasteiger partial charge is 0.151 e. The molecule has 0 amide bonds. The first-order valence-electron chi connectivity index (χ1n) is 6.29. The van der Waals surface area contributed by atoms with Crippen LogP contribution in [0.5, 0.6) is 0 Å². The maximum absolute atomic E-state index is 13.6. The molecule has 3 nitrogen and oxygen atoms in total. The van der Waals surface area contributed by atoms with E-state index in [1.165, 1.54) is 0 Å². The normalized spacial score (nSPS) is 24.1. The van der Waals surface area contributed by atoms with Crippen LogP contribution >= 0.6 is 0 Å². The number of halogens is 2. The molecule has 1 heterocycles. The zero-order valence-electron chi connectivity index (χ0n) is 10.7. The molecule has 1 fully saturated rings. The average Bonchev–Trinajstić information content (AvgIpc) is 2.31. The minimum Gasteiger partial charge on any atom is -0.306 e. The molecule has 0 radical (unpaired) electrons. The van der Waals surface area contributed by atoms with Crippen molar-refractivity contribution in [1.29, 1.82) is 0 Å². The Morgan fingerprint density at radius 1 is 1.37 bits per heavy atom. The third kappa shape index (κ3) is 3.73. The minimum absolute atomic E-state index is 0.0638. The van der Waals surface area contributed by atoms with Crippen molar-refractivity contribution in [2.75, 3.05) is 11.5 Å². The molecule has 2 rings (SSSR count). The fourth-order valence-electron chi connectivity index (χ4n) is 2.44. The Morgan fingerprint density at radius 2 is 2.11 bits per heavy atom. The monoisotopic (exact) mass is 289 g/mol. The van der Waals surface area contributed by atoms with Gasteiger partial charge in [0.2, 0.25) is 0 Å². The van der Waals surface area contributed by atoms with E-state index in [-0.39, 0.29) is 23.1 Å². The quantitative estimate of drug-likeness (QED) is 0.928. The van der Waals surface area contributed by atoms with Gasteiger partial charge in [-0.2, -0.15) is 0 Å². The molecule has 0 aromatic heterocycles.